The minimum atomic E-state index is -0.193. The first-order valence-corrected chi connectivity index (χ1v) is 6.96. The van der Waals surface area contributed by atoms with Crippen molar-refractivity contribution in [1.29, 1.82) is 0 Å². The van der Waals surface area contributed by atoms with Crippen molar-refractivity contribution in [2.75, 3.05) is 32.2 Å². The number of hydrogen-bond donors (Lipinski definition) is 2. The minimum Gasteiger partial charge on any atom is -0.496 e. The number of nitrogens with one attached hydrogen (secondary N) is 2. The molecule has 0 spiro atoms. The molecule has 1 aliphatic heterocycles. The number of methoxy groups -OCH3 is 1. The van der Waals surface area contributed by atoms with Gasteiger partial charge in [-0.25, -0.2) is 4.79 Å². The fourth-order valence-corrected chi connectivity index (χ4v) is 2.28. The third-order valence-electron chi connectivity index (χ3n) is 3.47. The van der Waals surface area contributed by atoms with E-state index in [0.717, 1.165) is 43.1 Å². The summed E-state index contributed by atoms with van der Waals surface area (Å²) in [7, 11) is 1.62. The maximum Gasteiger partial charge on any atom is 0.319 e. The van der Waals surface area contributed by atoms with Crippen LogP contribution in [-0.2, 0) is 4.74 Å². The lowest BCUT2D eigenvalue weighted by Crippen LogP contribution is -2.35. The van der Waals surface area contributed by atoms with E-state index < -0.39 is 0 Å². The Morgan fingerprint density at radius 2 is 2.35 bits per heavy atom. The summed E-state index contributed by atoms with van der Waals surface area (Å²) in [5.41, 5.74) is 1.77. The first-order chi connectivity index (χ1) is 9.69. The van der Waals surface area contributed by atoms with Gasteiger partial charge in [-0.3, -0.25) is 0 Å². The first-order valence-electron chi connectivity index (χ1n) is 6.96. The van der Waals surface area contributed by atoms with E-state index >= 15 is 0 Å². The van der Waals surface area contributed by atoms with E-state index in [9.17, 15) is 4.79 Å². The molecule has 2 amide bonds. The van der Waals surface area contributed by atoms with Crippen molar-refractivity contribution in [1.82, 2.24) is 5.32 Å². The van der Waals surface area contributed by atoms with Crippen LogP contribution in [0.1, 0.15) is 18.4 Å². The number of urea groups is 1. The van der Waals surface area contributed by atoms with E-state index in [0.29, 0.717) is 12.5 Å². The van der Waals surface area contributed by atoms with Gasteiger partial charge in [-0.15, -0.1) is 0 Å². The van der Waals surface area contributed by atoms with Gasteiger partial charge >= 0.3 is 6.03 Å². The van der Waals surface area contributed by atoms with Crippen molar-refractivity contribution in [3.05, 3.63) is 23.8 Å². The number of aryl methyl sites for hydroxylation is 1. The highest BCUT2D eigenvalue weighted by molar-refractivity contribution is 5.89. The molecule has 110 valence electrons. The first kappa shape index (κ1) is 14.7. The van der Waals surface area contributed by atoms with Gasteiger partial charge in [-0.1, -0.05) is 6.07 Å². The van der Waals surface area contributed by atoms with Crippen molar-refractivity contribution in [2.24, 2.45) is 5.92 Å². The van der Waals surface area contributed by atoms with Crippen molar-refractivity contribution < 1.29 is 14.3 Å². The monoisotopic (exact) mass is 278 g/mol. The van der Waals surface area contributed by atoms with Crippen molar-refractivity contribution >= 4 is 11.7 Å². The average Bonchev–Trinajstić information content (AvgIpc) is 2.48. The summed E-state index contributed by atoms with van der Waals surface area (Å²) >= 11 is 0. The minimum absolute atomic E-state index is 0.193. The molecular formula is C15H22N2O3. The van der Waals surface area contributed by atoms with Crippen molar-refractivity contribution in [2.45, 2.75) is 19.8 Å². The van der Waals surface area contributed by atoms with Gasteiger partial charge in [0.05, 0.1) is 13.7 Å². The van der Waals surface area contributed by atoms with Gasteiger partial charge in [0.1, 0.15) is 5.75 Å². The van der Waals surface area contributed by atoms with E-state index in [4.69, 9.17) is 9.47 Å². The number of hydrogen-bond acceptors (Lipinski definition) is 3. The summed E-state index contributed by atoms with van der Waals surface area (Å²) in [5, 5.41) is 5.69. The molecule has 0 saturated carbocycles. The molecule has 20 heavy (non-hydrogen) atoms. The zero-order valence-electron chi connectivity index (χ0n) is 12.1. The number of carbonyl (C=O) groups excluding carboxylic acids is 1. The number of carbonyl (C=O) groups is 1. The Labute approximate surface area is 119 Å². The zero-order valence-corrected chi connectivity index (χ0v) is 12.1. The SMILES string of the molecule is COc1cc(NC(=O)NC[C@@H]2CCCOC2)ccc1C. The molecule has 0 aliphatic carbocycles. The quantitative estimate of drug-likeness (QED) is 0.890. The van der Waals surface area contributed by atoms with Crippen LogP contribution in [0.25, 0.3) is 0 Å². The average molecular weight is 278 g/mol. The lowest BCUT2D eigenvalue weighted by atomic mass is 10.0. The standard InChI is InChI=1S/C15H22N2O3/c1-11-5-6-13(8-14(11)19-2)17-15(18)16-9-12-4-3-7-20-10-12/h5-6,8,12H,3-4,7,9-10H2,1-2H3,(H2,16,17,18)/t12-/m0/s1. The number of amides is 2. The highest BCUT2D eigenvalue weighted by Crippen LogP contribution is 2.22. The molecule has 0 bridgehead atoms. The highest BCUT2D eigenvalue weighted by Gasteiger charge is 2.14. The van der Waals surface area contributed by atoms with Gasteiger partial charge in [0.15, 0.2) is 0 Å². The molecule has 2 rings (SSSR count). The predicted octanol–water partition coefficient (Wildman–Crippen LogP) is 2.55. The topological polar surface area (TPSA) is 59.6 Å². The highest BCUT2D eigenvalue weighted by atomic mass is 16.5. The van der Waals surface area contributed by atoms with E-state index in [1.54, 1.807) is 7.11 Å². The number of rotatable bonds is 4. The van der Waals surface area contributed by atoms with Crippen LogP contribution in [0.4, 0.5) is 10.5 Å². The molecule has 1 aliphatic rings. The fourth-order valence-electron chi connectivity index (χ4n) is 2.28. The summed E-state index contributed by atoms with van der Waals surface area (Å²) in [6, 6.07) is 5.41. The fraction of sp³-hybridized carbons (Fsp3) is 0.533. The van der Waals surface area contributed by atoms with Crippen LogP contribution in [0.3, 0.4) is 0 Å². The van der Waals surface area contributed by atoms with Crippen LogP contribution in [0.2, 0.25) is 0 Å². The van der Waals surface area contributed by atoms with Crippen molar-refractivity contribution in [3.63, 3.8) is 0 Å². The van der Waals surface area contributed by atoms with Gasteiger partial charge in [0.2, 0.25) is 0 Å². The summed E-state index contributed by atoms with van der Waals surface area (Å²) < 4.78 is 10.6. The molecule has 1 aromatic carbocycles. The van der Waals surface area contributed by atoms with E-state index in [1.165, 1.54) is 0 Å². The largest absolute Gasteiger partial charge is 0.496 e. The molecule has 5 nitrogen and oxygen atoms in total. The smallest absolute Gasteiger partial charge is 0.319 e. The van der Waals surface area contributed by atoms with E-state index in [2.05, 4.69) is 10.6 Å². The molecule has 1 saturated heterocycles. The summed E-state index contributed by atoms with van der Waals surface area (Å²) in [6.07, 6.45) is 2.18. The molecule has 1 heterocycles. The number of ether oxygens (including phenoxy) is 2. The normalized spacial score (nSPS) is 18.4. The Morgan fingerprint density at radius 1 is 1.50 bits per heavy atom. The maximum absolute atomic E-state index is 11.8. The molecule has 0 aromatic heterocycles. The molecule has 1 atom stereocenters. The Hall–Kier alpha value is -1.75. The van der Waals surface area contributed by atoms with E-state index in [1.807, 2.05) is 25.1 Å². The van der Waals surface area contributed by atoms with E-state index in [-0.39, 0.29) is 6.03 Å². The molecule has 5 heteroatoms. The van der Waals surface area contributed by atoms with Crippen molar-refractivity contribution in [3.8, 4) is 5.75 Å². The molecular weight excluding hydrogens is 256 g/mol. The second-order valence-electron chi connectivity index (χ2n) is 5.10. The third kappa shape index (κ3) is 4.13. The molecule has 0 radical (unpaired) electrons. The third-order valence-corrected chi connectivity index (χ3v) is 3.47. The van der Waals surface area contributed by atoms with Crippen LogP contribution in [-0.4, -0.2) is 32.9 Å². The summed E-state index contributed by atoms with van der Waals surface area (Å²) in [4.78, 5) is 11.8. The van der Waals surface area contributed by atoms with Gasteiger partial charge < -0.3 is 20.1 Å². The molecule has 1 aromatic rings. The lowest BCUT2D eigenvalue weighted by Gasteiger charge is -2.22. The van der Waals surface area contributed by atoms with Crippen LogP contribution in [0.15, 0.2) is 18.2 Å². The summed E-state index contributed by atoms with van der Waals surface area (Å²) in [6.45, 7) is 4.19. The maximum atomic E-state index is 11.8. The number of benzene rings is 1. The van der Waals surface area contributed by atoms with Gasteiger partial charge in [0.25, 0.3) is 0 Å². The Morgan fingerprint density at radius 3 is 3.05 bits per heavy atom. The second kappa shape index (κ2) is 7.14. The van der Waals surface area contributed by atoms with Crippen LogP contribution >= 0.6 is 0 Å². The zero-order chi connectivity index (χ0) is 14.4. The Kier molecular flexibility index (Phi) is 5.24. The number of anilines is 1. The Bertz CT molecular complexity index is 456. The van der Waals surface area contributed by atoms with Crippen LogP contribution in [0.5, 0.6) is 5.75 Å². The van der Waals surface area contributed by atoms with Gasteiger partial charge in [-0.05, 0) is 37.3 Å². The van der Waals surface area contributed by atoms with Crippen LogP contribution < -0.4 is 15.4 Å². The van der Waals surface area contributed by atoms with Gasteiger partial charge in [0, 0.05) is 24.9 Å². The van der Waals surface area contributed by atoms with Gasteiger partial charge in [-0.2, -0.15) is 0 Å². The predicted molar refractivity (Wildman–Crippen MR) is 78.3 cm³/mol. The molecule has 2 N–H and O–H groups in total. The molecule has 0 unspecified atom stereocenters. The Balaban J connectivity index is 1.81. The lowest BCUT2D eigenvalue weighted by molar-refractivity contribution is 0.0559. The van der Waals surface area contributed by atoms with Crippen LogP contribution in [0, 0.1) is 12.8 Å². The molecule has 1 fully saturated rings. The second-order valence-corrected chi connectivity index (χ2v) is 5.10. The summed E-state index contributed by atoms with van der Waals surface area (Å²) in [5.74, 6) is 1.19.